The van der Waals surface area contributed by atoms with Crippen LogP contribution in [0.25, 0.3) is 5.57 Å². The molecule has 1 aromatic heterocycles. The number of aromatic nitrogens is 2. The molecule has 5 rings (SSSR count). The van der Waals surface area contributed by atoms with Gasteiger partial charge in [0.05, 0.1) is 33.5 Å². The fourth-order valence-corrected chi connectivity index (χ4v) is 5.34. The van der Waals surface area contributed by atoms with Crippen molar-refractivity contribution in [3.05, 3.63) is 57.4 Å². The monoisotopic (exact) mass is 454 g/mol. The van der Waals surface area contributed by atoms with Gasteiger partial charge in [0.25, 0.3) is 5.91 Å². The summed E-state index contributed by atoms with van der Waals surface area (Å²) in [7, 11) is 0. The number of halogens is 1. The smallest absolute Gasteiger partial charge is 0.306 e. The first-order chi connectivity index (χ1) is 15.2. The quantitative estimate of drug-likeness (QED) is 0.703. The van der Waals surface area contributed by atoms with Gasteiger partial charge < -0.3 is 10.2 Å². The number of aliphatic carboxylic acids is 1. The molecule has 1 fully saturated rings. The fourth-order valence-electron chi connectivity index (χ4n) is 5.08. The molecular formula is C25H27ClN2O4. The number of carboxylic acids is 1. The minimum absolute atomic E-state index is 0.252. The highest BCUT2D eigenvalue weighted by atomic mass is 35.5. The number of allylic oxidation sites excluding steroid dienone is 2. The average molecular weight is 455 g/mol. The summed E-state index contributed by atoms with van der Waals surface area (Å²) < 4.78 is 1.45. The Bertz CT molecular complexity index is 1140. The van der Waals surface area contributed by atoms with E-state index < -0.39 is 11.6 Å². The molecule has 6 nitrogen and oxygen atoms in total. The van der Waals surface area contributed by atoms with Gasteiger partial charge in [-0.3, -0.25) is 9.59 Å². The van der Waals surface area contributed by atoms with E-state index in [1.165, 1.54) is 4.68 Å². The SMILES string of the molecule is C[C@@]1(O)CCc2c(C3=CCC(C(=O)O)CC3)nn(C(=O)c3c(Cl)cccc3C3CC3)c2C1. The summed E-state index contributed by atoms with van der Waals surface area (Å²) in [4.78, 5) is 25.1. The summed E-state index contributed by atoms with van der Waals surface area (Å²) in [5.74, 6) is -1.04. The van der Waals surface area contributed by atoms with E-state index in [1.54, 1.807) is 13.0 Å². The standard InChI is InChI=1S/C25H27ClN2O4/c1-25(32)12-11-18-20(13-25)28(27-22(18)15-7-9-16(10-8-15)24(30)31)23(29)21-17(14-5-6-14)3-2-4-19(21)26/h2-4,7,14,16,32H,5-6,8-13H2,1H3,(H,30,31)/t16?,25-/m1/s1. The van der Waals surface area contributed by atoms with E-state index in [-0.39, 0.29) is 11.8 Å². The highest BCUT2D eigenvalue weighted by Gasteiger charge is 2.37. The Morgan fingerprint density at radius 1 is 1.22 bits per heavy atom. The molecule has 0 radical (unpaired) electrons. The third-order valence-corrected chi connectivity index (χ3v) is 7.40. The maximum Gasteiger partial charge on any atom is 0.306 e. The van der Waals surface area contributed by atoms with Gasteiger partial charge in [-0.1, -0.05) is 29.8 Å². The van der Waals surface area contributed by atoms with Crippen molar-refractivity contribution in [3.8, 4) is 0 Å². The van der Waals surface area contributed by atoms with E-state index in [4.69, 9.17) is 16.7 Å². The van der Waals surface area contributed by atoms with Crippen LogP contribution in [0.2, 0.25) is 5.02 Å². The molecule has 0 bridgehead atoms. The van der Waals surface area contributed by atoms with Gasteiger partial charge in [-0.2, -0.15) is 9.78 Å². The Kier molecular flexibility index (Phi) is 5.25. The highest BCUT2D eigenvalue weighted by molar-refractivity contribution is 6.34. The molecule has 32 heavy (non-hydrogen) atoms. The molecule has 3 aliphatic rings. The van der Waals surface area contributed by atoms with Crippen molar-refractivity contribution in [2.45, 2.75) is 69.8 Å². The number of aliphatic hydroxyl groups is 1. The average Bonchev–Trinajstić information content (AvgIpc) is 3.54. The van der Waals surface area contributed by atoms with E-state index >= 15 is 0 Å². The minimum Gasteiger partial charge on any atom is -0.481 e. The molecule has 1 saturated carbocycles. The number of carboxylic acid groups (broad SMARTS) is 1. The molecule has 0 amide bonds. The Morgan fingerprint density at radius 3 is 2.66 bits per heavy atom. The number of hydrogen-bond donors (Lipinski definition) is 2. The van der Waals surface area contributed by atoms with Crippen molar-refractivity contribution in [1.82, 2.24) is 9.78 Å². The molecule has 168 valence electrons. The first-order valence-corrected chi connectivity index (χ1v) is 11.7. The maximum atomic E-state index is 13.8. The molecule has 0 spiro atoms. The molecule has 0 saturated heterocycles. The van der Waals surface area contributed by atoms with Crippen LogP contribution < -0.4 is 0 Å². The summed E-state index contributed by atoms with van der Waals surface area (Å²) in [6.07, 6.45) is 7.27. The Balaban J connectivity index is 1.60. The van der Waals surface area contributed by atoms with Gasteiger partial charge in [-0.05, 0) is 75.0 Å². The summed E-state index contributed by atoms with van der Waals surface area (Å²) in [6.45, 7) is 1.79. The second-order valence-corrected chi connectivity index (χ2v) is 10.1. The number of nitrogens with zero attached hydrogens (tertiary/aromatic N) is 2. The van der Waals surface area contributed by atoms with E-state index in [1.807, 2.05) is 18.2 Å². The van der Waals surface area contributed by atoms with Crippen molar-refractivity contribution in [2.24, 2.45) is 5.92 Å². The number of fused-ring (bicyclic) bond motifs is 1. The molecule has 1 unspecified atom stereocenters. The maximum absolute atomic E-state index is 13.8. The third-order valence-electron chi connectivity index (χ3n) is 7.09. The van der Waals surface area contributed by atoms with Crippen molar-refractivity contribution >= 4 is 29.1 Å². The lowest BCUT2D eigenvalue weighted by Crippen LogP contribution is -2.34. The van der Waals surface area contributed by atoms with E-state index in [9.17, 15) is 19.8 Å². The molecule has 2 atom stereocenters. The van der Waals surface area contributed by atoms with Crippen LogP contribution in [0.3, 0.4) is 0 Å². The molecule has 1 aromatic carbocycles. The molecule has 1 heterocycles. The first kappa shape index (κ1) is 21.4. The number of rotatable bonds is 4. The van der Waals surface area contributed by atoms with Crippen LogP contribution in [0.15, 0.2) is 24.3 Å². The van der Waals surface area contributed by atoms with Gasteiger partial charge in [-0.15, -0.1) is 0 Å². The summed E-state index contributed by atoms with van der Waals surface area (Å²) >= 11 is 6.51. The van der Waals surface area contributed by atoms with Crippen molar-refractivity contribution < 1.29 is 19.8 Å². The summed E-state index contributed by atoms with van der Waals surface area (Å²) in [5.41, 5.74) is 4.06. The normalized spacial score (nSPS) is 25.2. The van der Waals surface area contributed by atoms with Crippen LogP contribution >= 0.6 is 11.6 Å². The van der Waals surface area contributed by atoms with Gasteiger partial charge in [0.2, 0.25) is 0 Å². The Hall–Kier alpha value is -2.44. The predicted molar refractivity (Wildman–Crippen MR) is 121 cm³/mol. The zero-order chi connectivity index (χ0) is 22.6. The van der Waals surface area contributed by atoms with Crippen LogP contribution in [-0.2, 0) is 17.6 Å². The lowest BCUT2D eigenvalue weighted by atomic mass is 9.81. The van der Waals surface area contributed by atoms with E-state index in [2.05, 4.69) is 0 Å². The fraction of sp³-hybridized carbons (Fsp3) is 0.480. The first-order valence-electron chi connectivity index (χ1n) is 11.3. The molecule has 2 aromatic rings. The van der Waals surface area contributed by atoms with Gasteiger partial charge in [-0.25, -0.2) is 0 Å². The van der Waals surface area contributed by atoms with Crippen molar-refractivity contribution in [2.75, 3.05) is 0 Å². The third kappa shape index (κ3) is 3.80. The van der Waals surface area contributed by atoms with Crippen LogP contribution in [0.1, 0.15) is 84.2 Å². The van der Waals surface area contributed by atoms with Crippen LogP contribution in [0.4, 0.5) is 0 Å². The minimum atomic E-state index is -0.905. The van der Waals surface area contributed by atoms with Crippen molar-refractivity contribution in [3.63, 3.8) is 0 Å². The van der Waals surface area contributed by atoms with Gasteiger partial charge in [0, 0.05) is 12.0 Å². The van der Waals surface area contributed by atoms with Crippen LogP contribution in [0.5, 0.6) is 0 Å². The van der Waals surface area contributed by atoms with E-state index in [0.717, 1.165) is 40.9 Å². The van der Waals surface area contributed by atoms with Gasteiger partial charge in [0.1, 0.15) is 0 Å². The Morgan fingerprint density at radius 2 is 2.00 bits per heavy atom. The largest absolute Gasteiger partial charge is 0.481 e. The van der Waals surface area contributed by atoms with Crippen molar-refractivity contribution in [1.29, 1.82) is 0 Å². The zero-order valence-electron chi connectivity index (χ0n) is 18.1. The Labute approximate surface area is 191 Å². The topological polar surface area (TPSA) is 92.4 Å². The summed E-state index contributed by atoms with van der Waals surface area (Å²) in [5, 5.41) is 25.3. The number of hydrogen-bond acceptors (Lipinski definition) is 4. The molecule has 3 aliphatic carbocycles. The number of carbonyl (C=O) groups excluding carboxylic acids is 1. The lowest BCUT2D eigenvalue weighted by Gasteiger charge is -2.29. The van der Waals surface area contributed by atoms with Crippen LogP contribution in [0, 0.1) is 5.92 Å². The highest BCUT2D eigenvalue weighted by Crippen LogP contribution is 2.44. The number of carbonyl (C=O) groups is 2. The summed E-state index contributed by atoms with van der Waals surface area (Å²) in [6, 6.07) is 5.59. The molecular weight excluding hydrogens is 428 g/mol. The molecule has 7 heteroatoms. The van der Waals surface area contributed by atoms with Gasteiger partial charge in [0.15, 0.2) is 0 Å². The van der Waals surface area contributed by atoms with E-state index in [0.29, 0.717) is 55.0 Å². The molecule has 2 N–H and O–H groups in total. The predicted octanol–water partition coefficient (Wildman–Crippen LogP) is 4.61. The van der Waals surface area contributed by atoms with Gasteiger partial charge >= 0.3 is 5.97 Å². The number of benzene rings is 1. The zero-order valence-corrected chi connectivity index (χ0v) is 18.9. The molecule has 0 aliphatic heterocycles. The van der Waals surface area contributed by atoms with Crippen LogP contribution in [-0.4, -0.2) is 37.5 Å². The second kappa shape index (κ2) is 7.85. The lowest BCUT2D eigenvalue weighted by molar-refractivity contribution is -0.141. The second-order valence-electron chi connectivity index (χ2n) is 9.68.